The zero-order valence-corrected chi connectivity index (χ0v) is 12.0. The number of hydrogen-bond acceptors (Lipinski definition) is 3. The molecule has 2 rings (SSSR count). The van der Waals surface area contributed by atoms with Gasteiger partial charge in [-0.1, -0.05) is 29.3 Å². The third kappa shape index (κ3) is 2.57. The van der Waals surface area contributed by atoms with Gasteiger partial charge in [-0.05, 0) is 24.3 Å². The van der Waals surface area contributed by atoms with Gasteiger partial charge < -0.3 is 15.2 Å². The number of benzene rings is 2. The fraction of sp³-hybridized carbons (Fsp3) is 0.143. The van der Waals surface area contributed by atoms with Gasteiger partial charge in [-0.25, -0.2) is 0 Å². The van der Waals surface area contributed by atoms with Gasteiger partial charge in [0.25, 0.3) is 0 Å². The SMILES string of the molecule is COc1ccc(-c2ccc(Cl)cc2N)c(OC)c1Cl. The zero-order chi connectivity index (χ0) is 14.0. The molecule has 0 saturated heterocycles. The van der Waals surface area contributed by atoms with E-state index in [9.17, 15) is 0 Å². The van der Waals surface area contributed by atoms with Gasteiger partial charge in [0.2, 0.25) is 0 Å². The van der Waals surface area contributed by atoms with E-state index < -0.39 is 0 Å². The maximum atomic E-state index is 6.23. The van der Waals surface area contributed by atoms with Gasteiger partial charge in [-0.3, -0.25) is 0 Å². The number of rotatable bonds is 3. The summed E-state index contributed by atoms with van der Waals surface area (Å²) in [5, 5.41) is 0.997. The molecule has 0 aliphatic heterocycles. The molecule has 5 heteroatoms. The molecule has 2 N–H and O–H groups in total. The van der Waals surface area contributed by atoms with Crippen LogP contribution in [-0.2, 0) is 0 Å². The lowest BCUT2D eigenvalue weighted by Crippen LogP contribution is -1.95. The molecule has 3 nitrogen and oxygen atoms in total. The molecule has 0 unspecified atom stereocenters. The average Bonchev–Trinajstić information content (AvgIpc) is 2.38. The maximum absolute atomic E-state index is 6.23. The molecular formula is C14H13Cl2NO2. The van der Waals surface area contributed by atoms with Crippen LogP contribution in [0.25, 0.3) is 11.1 Å². The first-order valence-corrected chi connectivity index (χ1v) is 6.30. The van der Waals surface area contributed by atoms with E-state index in [1.807, 2.05) is 12.1 Å². The lowest BCUT2D eigenvalue weighted by molar-refractivity contribution is 0.396. The Kier molecular flexibility index (Phi) is 4.08. The lowest BCUT2D eigenvalue weighted by Gasteiger charge is -2.14. The van der Waals surface area contributed by atoms with E-state index in [4.69, 9.17) is 38.4 Å². The van der Waals surface area contributed by atoms with Crippen molar-refractivity contribution in [2.45, 2.75) is 0 Å². The Morgan fingerprint density at radius 2 is 1.63 bits per heavy atom. The van der Waals surface area contributed by atoms with Crippen LogP contribution in [0, 0.1) is 0 Å². The number of methoxy groups -OCH3 is 2. The standard InChI is InChI=1S/C14H13Cl2NO2/c1-18-12-6-5-10(14(19-2)13(12)16)9-4-3-8(15)7-11(9)17/h3-7H,17H2,1-2H3. The van der Waals surface area contributed by atoms with Gasteiger partial charge in [-0.2, -0.15) is 0 Å². The van der Waals surface area contributed by atoms with Crippen LogP contribution in [0.15, 0.2) is 30.3 Å². The highest BCUT2D eigenvalue weighted by molar-refractivity contribution is 6.34. The smallest absolute Gasteiger partial charge is 0.149 e. The van der Waals surface area contributed by atoms with Crippen molar-refractivity contribution in [1.82, 2.24) is 0 Å². The van der Waals surface area contributed by atoms with Crippen LogP contribution >= 0.6 is 23.2 Å². The van der Waals surface area contributed by atoms with E-state index in [2.05, 4.69) is 0 Å². The van der Waals surface area contributed by atoms with Crippen molar-refractivity contribution in [3.63, 3.8) is 0 Å². The molecular weight excluding hydrogens is 285 g/mol. The molecule has 0 saturated carbocycles. The number of hydrogen-bond donors (Lipinski definition) is 1. The third-order valence-corrected chi connectivity index (χ3v) is 3.38. The number of halogens is 2. The highest BCUT2D eigenvalue weighted by Crippen LogP contribution is 2.43. The molecule has 0 aromatic heterocycles. The van der Waals surface area contributed by atoms with Crippen LogP contribution in [-0.4, -0.2) is 14.2 Å². The molecule has 0 bridgehead atoms. The van der Waals surface area contributed by atoms with Crippen molar-refractivity contribution in [1.29, 1.82) is 0 Å². The Morgan fingerprint density at radius 3 is 2.21 bits per heavy atom. The summed E-state index contributed by atoms with van der Waals surface area (Å²) >= 11 is 12.1. The largest absolute Gasteiger partial charge is 0.495 e. The minimum atomic E-state index is 0.414. The van der Waals surface area contributed by atoms with Crippen molar-refractivity contribution in [2.75, 3.05) is 20.0 Å². The van der Waals surface area contributed by atoms with Gasteiger partial charge in [-0.15, -0.1) is 0 Å². The van der Waals surface area contributed by atoms with Crippen LogP contribution in [0.4, 0.5) is 5.69 Å². The van der Waals surface area contributed by atoms with Crippen LogP contribution in [0.2, 0.25) is 10.0 Å². The molecule has 0 spiro atoms. The fourth-order valence-corrected chi connectivity index (χ4v) is 2.39. The van der Waals surface area contributed by atoms with Gasteiger partial charge in [0.05, 0.1) is 14.2 Å². The van der Waals surface area contributed by atoms with E-state index in [1.165, 1.54) is 0 Å². The summed E-state index contributed by atoms with van der Waals surface area (Å²) in [4.78, 5) is 0. The highest BCUT2D eigenvalue weighted by Gasteiger charge is 2.16. The summed E-state index contributed by atoms with van der Waals surface area (Å²) in [6.45, 7) is 0. The van der Waals surface area contributed by atoms with Crippen molar-refractivity contribution in [3.8, 4) is 22.6 Å². The minimum absolute atomic E-state index is 0.414. The maximum Gasteiger partial charge on any atom is 0.149 e. The van der Waals surface area contributed by atoms with Crippen LogP contribution < -0.4 is 15.2 Å². The van der Waals surface area contributed by atoms with Crippen LogP contribution in [0.3, 0.4) is 0 Å². The molecule has 2 aromatic rings. The Balaban J connectivity index is 2.65. The van der Waals surface area contributed by atoms with E-state index in [0.717, 1.165) is 11.1 Å². The number of nitrogen functional groups attached to an aromatic ring is 1. The molecule has 0 fully saturated rings. The highest BCUT2D eigenvalue weighted by atomic mass is 35.5. The average molecular weight is 298 g/mol. The number of ether oxygens (including phenoxy) is 2. The third-order valence-electron chi connectivity index (χ3n) is 2.79. The molecule has 2 aromatic carbocycles. The molecule has 19 heavy (non-hydrogen) atoms. The summed E-state index contributed by atoms with van der Waals surface area (Å²) in [6.07, 6.45) is 0. The minimum Gasteiger partial charge on any atom is -0.495 e. The monoisotopic (exact) mass is 297 g/mol. The predicted octanol–water partition coefficient (Wildman–Crippen LogP) is 4.26. The summed E-state index contributed by atoms with van der Waals surface area (Å²) in [5.41, 5.74) is 8.15. The first kappa shape index (κ1) is 13.8. The topological polar surface area (TPSA) is 44.5 Å². The van der Waals surface area contributed by atoms with Crippen LogP contribution in [0.5, 0.6) is 11.5 Å². The molecule has 0 amide bonds. The second kappa shape index (κ2) is 5.59. The summed E-state index contributed by atoms with van der Waals surface area (Å²) < 4.78 is 10.5. The van der Waals surface area contributed by atoms with Crippen molar-refractivity contribution < 1.29 is 9.47 Å². The predicted molar refractivity (Wildman–Crippen MR) is 79.4 cm³/mol. The van der Waals surface area contributed by atoms with Gasteiger partial charge in [0.15, 0.2) is 0 Å². The van der Waals surface area contributed by atoms with Gasteiger partial charge >= 0.3 is 0 Å². The van der Waals surface area contributed by atoms with Crippen molar-refractivity contribution in [2.24, 2.45) is 0 Å². The summed E-state index contributed by atoms with van der Waals surface area (Å²) in [5.74, 6) is 1.07. The van der Waals surface area contributed by atoms with Crippen LogP contribution in [0.1, 0.15) is 0 Å². The van der Waals surface area contributed by atoms with Gasteiger partial charge in [0, 0.05) is 21.8 Å². The fourth-order valence-electron chi connectivity index (χ4n) is 1.89. The van der Waals surface area contributed by atoms with E-state index in [0.29, 0.717) is 27.2 Å². The molecule has 0 atom stereocenters. The zero-order valence-electron chi connectivity index (χ0n) is 10.5. The number of nitrogens with two attached hydrogens (primary N) is 1. The molecule has 0 heterocycles. The Morgan fingerprint density at radius 1 is 0.947 bits per heavy atom. The molecule has 100 valence electrons. The molecule has 0 aliphatic carbocycles. The summed E-state index contributed by atoms with van der Waals surface area (Å²) in [6, 6.07) is 8.91. The molecule has 0 aliphatic rings. The number of anilines is 1. The van der Waals surface area contributed by atoms with Crippen molar-refractivity contribution >= 4 is 28.9 Å². The van der Waals surface area contributed by atoms with E-state index >= 15 is 0 Å². The van der Waals surface area contributed by atoms with Crippen molar-refractivity contribution in [3.05, 3.63) is 40.4 Å². The first-order chi connectivity index (χ1) is 9.08. The quantitative estimate of drug-likeness (QED) is 0.861. The first-order valence-electron chi connectivity index (χ1n) is 5.54. The normalized spacial score (nSPS) is 10.3. The Bertz CT molecular complexity index is 615. The van der Waals surface area contributed by atoms with E-state index in [1.54, 1.807) is 32.4 Å². The second-order valence-electron chi connectivity index (χ2n) is 3.89. The molecule has 0 radical (unpaired) electrons. The second-order valence-corrected chi connectivity index (χ2v) is 4.71. The summed E-state index contributed by atoms with van der Waals surface area (Å²) in [7, 11) is 3.10. The lowest BCUT2D eigenvalue weighted by atomic mass is 10.0. The van der Waals surface area contributed by atoms with Gasteiger partial charge in [0.1, 0.15) is 16.5 Å². The Labute approximate surface area is 121 Å². The Hall–Kier alpha value is -1.58. The van der Waals surface area contributed by atoms with E-state index in [-0.39, 0.29) is 0 Å².